The number of nitrogens with one attached hydrogen (secondary N) is 2. The van der Waals surface area contributed by atoms with Gasteiger partial charge in [0.2, 0.25) is 16.2 Å². The predicted molar refractivity (Wildman–Crippen MR) is 132 cm³/mol. The molecule has 0 saturated heterocycles. The molecule has 0 spiro atoms. The average molecular weight is 441 g/mol. The molecule has 0 radical (unpaired) electrons. The van der Waals surface area contributed by atoms with E-state index in [4.69, 9.17) is 0 Å². The Kier molecular flexibility index (Phi) is 7.39. The third kappa shape index (κ3) is 6.12. The van der Waals surface area contributed by atoms with E-state index in [1.807, 2.05) is 42.5 Å². The number of aromatic nitrogens is 2. The highest BCUT2D eigenvalue weighted by atomic mass is 32.1. The maximum atomic E-state index is 12.1. The quantitative estimate of drug-likeness (QED) is 0.322. The molecule has 4 rings (SSSR count). The third-order valence-electron chi connectivity index (χ3n) is 4.99. The third-order valence-corrected chi connectivity index (χ3v) is 5.79. The second-order valence-electron chi connectivity index (χ2n) is 7.24. The topological polar surface area (TPSA) is 66.9 Å². The number of carbonyl (C=O) groups excluding carboxylic acids is 1. The first-order valence-corrected chi connectivity index (χ1v) is 11.3. The van der Waals surface area contributed by atoms with Crippen molar-refractivity contribution in [1.82, 2.24) is 10.2 Å². The molecule has 0 aliphatic rings. The molecule has 0 saturated carbocycles. The maximum absolute atomic E-state index is 12.1. The molecule has 3 aromatic carbocycles. The average Bonchev–Trinajstić information content (AvgIpc) is 3.29. The van der Waals surface area contributed by atoms with Gasteiger partial charge in [-0.05, 0) is 29.2 Å². The fourth-order valence-electron chi connectivity index (χ4n) is 3.45. The monoisotopic (exact) mass is 440 g/mol. The molecule has 5 nitrogen and oxygen atoms in total. The van der Waals surface area contributed by atoms with Gasteiger partial charge >= 0.3 is 0 Å². The number of benzene rings is 3. The van der Waals surface area contributed by atoms with Crippen LogP contribution in [0.4, 0.5) is 10.3 Å². The molecule has 6 heteroatoms. The zero-order chi connectivity index (χ0) is 22.0. The van der Waals surface area contributed by atoms with Gasteiger partial charge in [-0.3, -0.25) is 10.1 Å². The van der Waals surface area contributed by atoms with E-state index in [1.165, 1.54) is 28.5 Å². The van der Waals surface area contributed by atoms with Crippen molar-refractivity contribution in [1.29, 1.82) is 0 Å². The van der Waals surface area contributed by atoms with Crippen LogP contribution in [0.1, 0.15) is 29.0 Å². The molecule has 1 amide bonds. The summed E-state index contributed by atoms with van der Waals surface area (Å²) in [5.41, 5.74) is 3.54. The van der Waals surface area contributed by atoms with Gasteiger partial charge in [0.25, 0.3) is 0 Å². The van der Waals surface area contributed by atoms with Crippen molar-refractivity contribution in [3.63, 3.8) is 0 Å². The molecule has 0 aliphatic carbocycles. The summed E-state index contributed by atoms with van der Waals surface area (Å²) in [7, 11) is 0. The number of hydrogen-bond acceptors (Lipinski definition) is 5. The summed E-state index contributed by atoms with van der Waals surface area (Å²) in [6.07, 6.45) is 4.17. The summed E-state index contributed by atoms with van der Waals surface area (Å²) < 4.78 is 0. The lowest BCUT2D eigenvalue weighted by atomic mass is 9.88. The number of hydrogen-bond donors (Lipinski definition) is 2. The van der Waals surface area contributed by atoms with E-state index in [0.29, 0.717) is 16.2 Å². The zero-order valence-electron chi connectivity index (χ0n) is 17.5. The Labute approximate surface area is 191 Å². The smallest absolute Gasteiger partial charge is 0.250 e. The SMILES string of the molecule is O=C(C=Cc1ccccc1)Nc1nnc(NCCC(c2ccccc2)c2ccccc2)s1. The van der Waals surface area contributed by atoms with Crippen LogP contribution < -0.4 is 10.6 Å². The van der Waals surface area contributed by atoms with Crippen LogP contribution in [0, 0.1) is 0 Å². The van der Waals surface area contributed by atoms with Crippen molar-refractivity contribution in [2.75, 3.05) is 17.2 Å². The molecule has 1 aromatic heterocycles. The second-order valence-corrected chi connectivity index (χ2v) is 8.21. The Balaban J connectivity index is 1.32. The van der Waals surface area contributed by atoms with Crippen molar-refractivity contribution < 1.29 is 4.79 Å². The van der Waals surface area contributed by atoms with Crippen LogP contribution in [0.25, 0.3) is 6.08 Å². The lowest BCUT2D eigenvalue weighted by molar-refractivity contribution is -0.111. The first-order valence-electron chi connectivity index (χ1n) is 10.5. The Morgan fingerprint density at radius 1 is 0.812 bits per heavy atom. The number of amides is 1. The molecule has 2 N–H and O–H groups in total. The van der Waals surface area contributed by atoms with Crippen LogP contribution in [0.3, 0.4) is 0 Å². The van der Waals surface area contributed by atoms with Gasteiger partial charge in [-0.1, -0.05) is 102 Å². The zero-order valence-corrected chi connectivity index (χ0v) is 18.3. The van der Waals surface area contributed by atoms with Gasteiger partial charge in [-0.25, -0.2) is 0 Å². The van der Waals surface area contributed by atoms with Gasteiger partial charge < -0.3 is 5.32 Å². The molecule has 0 fully saturated rings. The fourth-order valence-corrected chi connectivity index (χ4v) is 4.12. The number of carbonyl (C=O) groups is 1. The summed E-state index contributed by atoms with van der Waals surface area (Å²) >= 11 is 1.33. The van der Waals surface area contributed by atoms with Gasteiger partial charge in [-0.2, -0.15) is 0 Å². The highest BCUT2D eigenvalue weighted by Crippen LogP contribution is 2.28. The van der Waals surface area contributed by atoms with Crippen LogP contribution in [0.5, 0.6) is 0 Å². The minimum absolute atomic E-state index is 0.232. The van der Waals surface area contributed by atoms with Crippen LogP contribution >= 0.6 is 11.3 Å². The van der Waals surface area contributed by atoms with E-state index in [2.05, 4.69) is 69.4 Å². The summed E-state index contributed by atoms with van der Waals surface area (Å²) in [6, 6.07) is 30.7. The highest BCUT2D eigenvalue weighted by molar-refractivity contribution is 7.19. The predicted octanol–water partition coefficient (Wildman–Crippen LogP) is 5.82. The van der Waals surface area contributed by atoms with E-state index in [1.54, 1.807) is 6.08 Å². The van der Waals surface area contributed by atoms with Crippen molar-refractivity contribution >= 4 is 33.6 Å². The van der Waals surface area contributed by atoms with Gasteiger partial charge in [0, 0.05) is 18.5 Å². The van der Waals surface area contributed by atoms with Gasteiger partial charge in [0.05, 0.1) is 0 Å². The molecular formula is C26H24N4OS. The van der Waals surface area contributed by atoms with Gasteiger partial charge in [0.1, 0.15) is 0 Å². The number of anilines is 2. The molecule has 0 bridgehead atoms. The van der Waals surface area contributed by atoms with Crippen LogP contribution in [0.2, 0.25) is 0 Å². The highest BCUT2D eigenvalue weighted by Gasteiger charge is 2.14. The van der Waals surface area contributed by atoms with Gasteiger partial charge in [0.15, 0.2) is 0 Å². The Hall–Kier alpha value is -3.77. The maximum Gasteiger partial charge on any atom is 0.250 e. The molecule has 0 atom stereocenters. The van der Waals surface area contributed by atoms with Crippen molar-refractivity contribution in [2.45, 2.75) is 12.3 Å². The standard InChI is InChI=1S/C26H24N4OS/c31-24(17-16-20-10-4-1-5-11-20)28-26-30-29-25(32-26)27-19-18-23(21-12-6-2-7-13-21)22-14-8-3-9-15-22/h1-17,23H,18-19H2,(H,27,29)(H,28,30,31). The van der Waals surface area contributed by atoms with Crippen molar-refractivity contribution in [3.05, 3.63) is 114 Å². The van der Waals surface area contributed by atoms with Crippen LogP contribution in [0.15, 0.2) is 97.1 Å². The summed E-state index contributed by atoms with van der Waals surface area (Å²) in [5.74, 6) is 0.0601. The van der Waals surface area contributed by atoms with E-state index in [9.17, 15) is 4.79 Å². The van der Waals surface area contributed by atoms with Crippen molar-refractivity contribution in [3.8, 4) is 0 Å². The summed E-state index contributed by atoms with van der Waals surface area (Å²) in [4.78, 5) is 12.1. The second kappa shape index (κ2) is 11.0. The Bertz CT molecular complexity index is 1100. The lowest BCUT2D eigenvalue weighted by Gasteiger charge is -2.18. The number of rotatable bonds is 9. The molecule has 0 aliphatic heterocycles. The molecule has 160 valence electrons. The van der Waals surface area contributed by atoms with Crippen LogP contribution in [-0.2, 0) is 4.79 Å². The summed E-state index contributed by atoms with van der Waals surface area (Å²) in [5, 5.41) is 15.5. The minimum Gasteiger partial charge on any atom is -0.360 e. The van der Waals surface area contributed by atoms with Crippen LogP contribution in [-0.4, -0.2) is 22.6 Å². The van der Waals surface area contributed by atoms with E-state index in [0.717, 1.165) is 18.5 Å². The van der Waals surface area contributed by atoms with E-state index in [-0.39, 0.29) is 5.91 Å². The summed E-state index contributed by atoms with van der Waals surface area (Å²) in [6.45, 7) is 0.741. The molecule has 0 unspecified atom stereocenters. The molecule has 1 heterocycles. The Morgan fingerprint density at radius 3 is 2.00 bits per heavy atom. The first kappa shape index (κ1) is 21.5. The van der Waals surface area contributed by atoms with Gasteiger partial charge in [-0.15, -0.1) is 10.2 Å². The fraction of sp³-hybridized carbons (Fsp3) is 0.115. The lowest BCUT2D eigenvalue weighted by Crippen LogP contribution is -2.09. The largest absolute Gasteiger partial charge is 0.360 e. The molecule has 32 heavy (non-hydrogen) atoms. The number of nitrogens with zero attached hydrogens (tertiary/aromatic N) is 2. The first-order chi connectivity index (χ1) is 15.8. The Morgan fingerprint density at radius 2 is 1.38 bits per heavy atom. The van der Waals surface area contributed by atoms with E-state index < -0.39 is 0 Å². The minimum atomic E-state index is -0.232. The van der Waals surface area contributed by atoms with E-state index >= 15 is 0 Å². The molecule has 4 aromatic rings. The normalized spacial score (nSPS) is 11.0. The molecular weight excluding hydrogens is 416 g/mol. The van der Waals surface area contributed by atoms with Crippen molar-refractivity contribution in [2.24, 2.45) is 0 Å².